The minimum absolute atomic E-state index is 0.0733. The van der Waals surface area contributed by atoms with Crippen LogP contribution in [0.3, 0.4) is 0 Å². The van der Waals surface area contributed by atoms with Gasteiger partial charge in [0.2, 0.25) is 5.95 Å². The van der Waals surface area contributed by atoms with Gasteiger partial charge in [0.15, 0.2) is 5.82 Å². The predicted molar refractivity (Wildman–Crippen MR) is 148 cm³/mol. The quantitative estimate of drug-likeness (QED) is 0.249. The number of rotatable bonds is 9. The van der Waals surface area contributed by atoms with Gasteiger partial charge in [-0.3, -0.25) is 10.1 Å². The Morgan fingerprint density at radius 1 is 1.21 bits per heavy atom. The molecule has 12 nitrogen and oxygen atoms in total. The Kier molecular flexibility index (Phi) is 5.73. The fourth-order valence-electron chi connectivity index (χ4n) is 4.34. The molecule has 0 spiro atoms. The minimum Gasteiger partial charge on any atom is -0.494 e. The zero-order valence-electron chi connectivity index (χ0n) is 27.1. The first-order valence-corrected chi connectivity index (χ1v) is 12.1. The van der Waals surface area contributed by atoms with Gasteiger partial charge in [-0.05, 0) is 14.0 Å². The Bertz CT molecular complexity index is 1650. The molecule has 0 unspecified atom stereocenters. The van der Waals surface area contributed by atoms with Crippen molar-refractivity contribution >= 4 is 23.0 Å². The molecule has 3 heterocycles. The molecule has 1 aliphatic heterocycles. The number of anilines is 3. The van der Waals surface area contributed by atoms with Crippen LogP contribution in [0.25, 0.3) is 17.1 Å². The summed E-state index contributed by atoms with van der Waals surface area (Å²) in [5.41, 5.74) is 1.90. The van der Waals surface area contributed by atoms with E-state index in [9.17, 15) is 10.1 Å². The highest BCUT2D eigenvalue weighted by molar-refractivity contribution is 5.77. The molecule has 1 N–H and O–H groups in total. The van der Waals surface area contributed by atoms with Crippen LogP contribution in [0.5, 0.6) is 5.75 Å². The van der Waals surface area contributed by atoms with Crippen LogP contribution >= 0.6 is 0 Å². The molecule has 12 heteroatoms. The molecule has 0 radical (unpaired) electrons. The SMILES string of the molecule is [2H]C([2H])([2H])N(Cc1cn(-c2ccnc(Nc3cc([N+](=O)[O-])c(N4CCOCC4)cc3OC)n2)nc1-c1ccccc1)C([2H])([2H])[2H]. The number of ether oxygens (including phenoxy) is 2. The zero-order chi connectivity index (χ0) is 32.4. The molecule has 0 amide bonds. The highest BCUT2D eigenvalue weighted by Gasteiger charge is 2.25. The summed E-state index contributed by atoms with van der Waals surface area (Å²) in [6.07, 6.45) is 2.97. The number of nitrogens with one attached hydrogen (secondary N) is 1. The Balaban J connectivity index is 1.51. The van der Waals surface area contributed by atoms with E-state index in [0.29, 0.717) is 59.5 Å². The van der Waals surface area contributed by atoms with Gasteiger partial charge in [0.1, 0.15) is 11.4 Å². The van der Waals surface area contributed by atoms with Crippen LogP contribution < -0.4 is 15.0 Å². The summed E-state index contributed by atoms with van der Waals surface area (Å²) in [6, 6.07) is 13.4. The number of nitro benzene ring substituents is 1. The number of benzene rings is 2. The number of aromatic nitrogens is 4. The summed E-state index contributed by atoms with van der Waals surface area (Å²) in [5.74, 6) is 0.672. The van der Waals surface area contributed by atoms with Crippen molar-refractivity contribution in [3.63, 3.8) is 0 Å². The molecular formula is C27H30N8O4. The van der Waals surface area contributed by atoms with Crippen LogP contribution in [-0.4, -0.2) is 76.9 Å². The average molecular weight is 537 g/mol. The molecule has 0 bridgehead atoms. The lowest BCUT2D eigenvalue weighted by Crippen LogP contribution is -2.36. The Morgan fingerprint density at radius 3 is 2.72 bits per heavy atom. The summed E-state index contributed by atoms with van der Waals surface area (Å²) < 4.78 is 59.1. The molecule has 2 aromatic carbocycles. The lowest BCUT2D eigenvalue weighted by atomic mass is 10.1. The predicted octanol–water partition coefficient (Wildman–Crippen LogP) is 3.89. The van der Waals surface area contributed by atoms with Crippen LogP contribution in [0, 0.1) is 10.1 Å². The highest BCUT2D eigenvalue weighted by atomic mass is 16.6. The molecule has 4 aromatic rings. The fraction of sp³-hybridized carbons (Fsp3) is 0.296. The first-order chi connectivity index (χ1) is 21.3. The van der Waals surface area contributed by atoms with E-state index in [0.717, 1.165) is 0 Å². The van der Waals surface area contributed by atoms with Crippen molar-refractivity contribution in [3.8, 4) is 22.8 Å². The van der Waals surface area contributed by atoms with Crippen LogP contribution in [0.2, 0.25) is 0 Å². The topological polar surface area (TPSA) is 124 Å². The maximum Gasteiger partial charge on any atom is 0.294 e. The third kappa shape index (κ3) is 5.81. The second kappa shape index (κ2) is 11.5. The molecule has 2 aromatic heterocycles. The van der Waals surface area contributed by atoms with Crippen molar-refractivity contribution in [2.75, 3.05) is 57.6 Å². The van der Waals surface area contributed by atoms with Gasteiger partial charge in [0, 0.05) is 69.6 Å². The maximum atomic E-state index is 12.0. The van der Waals surface area contributed by atoms with Gasteiger partial charge in [-0.1, -0.05) is 30.3 Å². The molecule has 0 atom stereocenters. The molecule has 0 aliphatic carbocycles. The molecule has 5 rings (SSSR count). The van der Waals surface area contributed by atoms with Gasteiger partial charge >= 0.3 is 0 Å². The van der Waals surface area contributed by atoms with Crippen LogP contribution in [0.1, 0.15) is 13.8 Å². The van der Waals surface area contributed by atoms with Gasteiger partial charge in [-0.15, -0.1) is 0 Å². The number of hydrogen-bond acceptors (Lipinski definition) is 10. The van der Waals surface area contributed by atoms with Gasteiger partial charge < -0.3 is 24.6 Å². The lowest BCUT2D eigenvalue weighted by molar-refractivity contribution is -0.384. The third-order valence-corrected chi connectivity index (χ3v) is 6.13. The summed E-state index contributed by atoms with van der Waals surface area (Å²) in [6.45, 7) is -4.34. The van der Waals surface area contributed by atoms with Crippen molar-refractivity contribution < 1.29 is 22.6 Å². The number of methoxy groups -OCH3 is 1. The summed E-state index contributed by atoms with van der Waals surface area (Å²) >= 11 is 0. The maximum absolute atomic E-state index is 12.0. The molecular weight excluding hydrogens is 500 g/mol. The van der Waals surface area contributed by atoms with Gasteiger partial charge in [0.05, 0.1) is 36.6 Å². The van der Waals surface area contributed by atoms with E-state index in [2.05, 4.69) is 20.4 Å². The molecule has 1 fully saturated rings. The second-order valence-electron chi connectivity index (χ2n) is 8.66. The van der Waals surface area contributed by atoms with E-state index < -0.39 is 25.4 Å². The monoisotopic (exact) mass is 536 g/mol. The summed E-state index contributed by atoms with van der Waals surface area (Å²) in [5, 5.41) is 19.6. The first-order valence-electron chi connectivity index (χ1n) is 15.1. The Labute approximate surface area is 234 Å². The molecule has 202 valence electrons. The fourth-order valence-corrected chi connectivity index (χ4v) is 4.34. The third-order valence-electron chi connectivity index (χ3n) is 6.13. The smallest absolute Gasteiger partial charge is 0.294 e. The van der Waals surface area contributed by atoms with Crippen molar-refractivity contribution in [2.24, 2.45) is 0 Å². The van der Waals surface area contributed by atoms with Gasteiger partial charge in [-0.2, -0.15) is 10.1 Å². The summed E-state index contributed by atoms with van der Waals surface area (Å²) in [7, 11) is 1.45. The second-order valence-corrected chi connectivity index (χ2v) is 8.66. The number of morpholine rings is 1. The Hall–Kier alpha value is -4.55. The number of nitrogens with zero attached hydrogens (tertiary/aromatic N) is 7. The standard InChI is InChI=1S/C27H30N8O4/c1-32(2)17-20-18-34(31-26(20)19-7-5-4-6-8-19)25-9-10-28-27(30-25)29-21-15-23(35(36)37)22(16-24(21)38-3)33-11-13-39-14-12-33/h4-10,15-16,18H,11-14,17H2,1-3H3,(H,28,29,30)/i1D3,2D3. The molecule has 1 aliphatic rings. The largest absolute Gasteiger partial charge is 0.494 e. The number of hydrogen-bond donors (Lipinski definition) is 1. The molecule has 39 heavy (non-hydrogen) atoms. The molecule has 1 saturated heterocycles. The average Bonchev–Trinajstić information content (AvgIpc) is 3.44. The molecule has 0 saturated carbocycles. The lowest BCUT2D eigenvalue weighted by Gasteiger charge is -2.29. The van der Waals surface area contributed by atoms with Gasteiger partial charge in [-0.25, -0.2) is 9.67 Å². The van der Waals surface area contributed by atoms with Crippen LogP contribution in [0.4, 0.5) is 23.0 Å². The number of nitro groups is 1. The van der Waals surface area contributed by atoms with Gasteiger partial charge in [0.25, 0.3) is 5.69 Å². The van der Waals surface area contributed by atoms with Crippen molar-refractivity contribution in [1.29, 1.82) is 0 Å². The van der Waals surface area contributed by atoms with E-state index in [1.165, 1.54) is 30.3 Å². The minimum atomic E-state index is -2.90. The Morgan fingerprint density at radius 2 is 2.00 bits per heavy atom. The van der Waals surface area contributed by atoms with E-state index in [4.69, 9.17) is 17.7 Å². The van der Waals surface area contributed by atoms with Crippen molar-refractivity contribution in [1.82, 2.24) is 24.6 Å². The van der Waals surface area contributed by atoms with E-state index in [-0.39, 0.29) is 23.1 Å². The van der Waals surface area contributed by atoms with Crippen molar-refractivity contribution in [3.05, 3.63) is 76.6 Å². The summed E-state index contributed by atoms with van der Waals surface area (Å²) in [4.78, 5) is 22.6. The normalized spacial score (nSPS) is 16.4. The van der Waals surface area contributed by atoms with Crippen molar-refractivity contribution in [2.45, 2.75) is 6.54 Å². The van der Waals surface area contributed by atoms with Crippen LogP contribution in [0.15, 0.2) is 60.9 Å². The zero-order valence-corrected chi connectivity index (χ0v) is 21.1. The van der Waals surface area contributed by atoms with E-state index in [1.54, 1.807) is 36.4 Å². The van der Waals surface area contributed by atoms with E-state index >= 15 is 0 Å². The highest BCUT2D eigenvalue weighted by Crippen LogP contribution is 2.39. The van der Waals surface area contributed by atoms with E-state index in [1.807, 2.05) is 11.0 Å². The van der Waals surface area contributed by atoms with Crippen LogP contribution in [-0.2, 0) is 11.3 Å². The first kappa shape index (κ1) is 19.5.